The monoisotopic (exact) mass is 277 g/mol. The molecule has 19 heavy (non-hydrogen) atoms. The summed E-state index contributed by atoms with van der Waals surface area (Å²) in [5.74, 6) is 0.958. The van der Waals surface area contributed by atoms with Gasteiger partial charge < -0.3 is 9.73 Å². The molecule has 2 rings (SSSR count). The summed E-state index contributed by atoms with van der Waals surface area (Å²) in [6.45, 7) is 4.32. The van der Waals surface area contributed by atoms with E-state index < -0.39 is 0 Å². The molecule has 4 heteroatoms. The maximum absolute atomic E-state index is 11.8. The second-order valence-electron chi connectivity index (χ2n) is 4.49. The molecular weight excluding hydrogens is 262 g/mol. The van der Waals surface area contributed by atoms with Crippen LogP contribution in [0.2, 0.25) is 5.02 Å². The van der Waals surface area contributed by atoms with Crippen LogP contribution in [0.25, 0.3) is 0 Å². The first-order chi connectivity index (χ1) is 9.06. The van der Waals surface area contributed by atoms with Crippen molar-refractivity contribution in [2.75, 3.05) is 6.54 Å². The minimum atomic E-state index is -0.182. The van der Waals surface area contributed by atoms with Crippen LogP contribution in [-0.4, -0.2) is 12.5 Å². The first-order valence-electron chi connectivity index (χ1n) is 6.16. The first kappa shape index (κ1) is 13.7. The highest BCUT2D eigenvalue weighted by atomic mass is 35.5. The van der Waals surface area contributed by atoms with Crippen molar-refractivity contribution in [1.82, 2.24) is 5.32 Å². The molecule has 0 atom stereocenters. The van der Waals surface area contributed by atoms with E-state index in [0.717, 1.165) is 23.3 Å². The molecule has 0 radical (unpaired) electrons. The summed E-state index contributed by atoms with van der Waals surface area (Å²) < 4.78 is 5.36. The maximum atomic E-state index is 11.8. The Morgan fingerprint density at radius 2 is 2.11 bits per heavy atom. The van der Waals surface area contributed by atoms with Crippen molar-refractivity contribution < 1.29 is 9.21 Å². The van der Waals surface area contributed by atoms with Gasteiger partial charge in [0.1, 0.15) is 5.76 Å². The zero-order chi connectivity index (χ0) is 13.8. The second kappa shape index (κ2) is 5.93. The zero-order valence-electron chi connectivity index (χ0n) is 11.0. The van der Waals surface area contributed by atoms with Gasteiger partial charge in [-0.15, -0.1) is 0 Å². The van der Waals surface area contributed by atoms with Crippen LogP contribution < -0.4 is 5.32 Å². The summed E-state index contributed by atoms with van der Waals surface area (Å²) in [5.41, 5.74) is 2.08. The molecule has 0 unspecified atom stereocenters. The highest BCUT2D eigenvalue weighted by Gasteiger charge is 2.11. The third-order valence-electron chi connectivity index (χ3n) is 2.98. The second-order valence-corrected chi connectivity index (χ2v) is 4.92. The van der Waals surface area contributed by atoms with Crippen LogP contribution in [0.5, 0.6) is 0 Å². The molecule has 1 N–H and O–H groups in total. The quantitative estimate of drug-likeness (QED) is 0.929. The smallest absolute Gasteiger partial charge is 0.287 e. The van der Waals surface area contributed by atoms with Gasteiger partial charge in [0.25, 0.3) is 5.91 Å². The number of halogens is 1. The summed E-state index contributed by atoms with van der Waals surface area (Å²) in [4.78, 5) is 11.8. The molecule has 100 valence electrons. The minimum Gasteiger partial charge on any atom is -0.456 e. The van der Waals surface area contributed by atoms with Crippen molar-refractivity contribution in [2.24, 2.45) is 0 Å². The van der Waals surface area contributed by atoms with Crippen molar-refractivity contribution in [2.45, 2.75) is 20.3 Å². The standard InChI is InChI=1S/C15H16ClNO2/c1-10-8-14(19-11(10)2)15(18)17-7-6-12-4-3-5-13(16)9-12/h3-5,8-9H,6-7H2,1-2H3,(H,17,18). The van der Waals surface area contributed by atoms with Crippen LogP contribution in [0.15, 0.2) is 34.7 Å². The van der Waals surface area contributed by atoms with Gasteiger partial charge in [-0.25, -0.2) is 0 Å². The Bertz CT molecular complexity index is 570. The van der Waals surface area contributed by atoms with Crippen molar-refractivity contribution in [3.8, 4) is 0 Å². The van der Waals surface area contributed by atoms with Gasteiger partial charge in [0.15, 0.2) is 5.76 Å². The molecule has 0 bridgehead atoms. The number of hydrogen-bond acceptors (Lipinski definition) is 2. The predicted octanol–water partition coefficient (Wildman–Crippen LogP) is 3.52. The molecule has 0 saturated carbocycles. The van der Waals surface area contributed by atoms with E-state index >= 15 is 0 Å². The molecule has 0 saturated heterocycles. The van der Waals surface area contributed by atoms with Crippen LogP contribution >= 0.6 is 11.6 Å². The van der Waals surface area contributed by atoms with E-state index in [1.807, 2.05) is 38.1 Å². The van der Waals surface area contributed by atoms with Gasteiger partial charge in [-0.2, -0.15) is 0 Å². The number of nitrogens with one attached hydrogen (secondary N) is 1. The average Bonchev–Trinajstić information content (AvgIpc) is 2.70. The predicted molar refractivity (Wildman–Crippen MR) is 75.7 cm³/mol. The van der Waals surface area contributed by atoms with E-state index in [0.29, 0.717) is 17.3 Å². The SMILES string of the molecule is Cc1cc(C(=O)NCCc2cccc(Cl)c2)oc1C. The topological polar surface area (TPSA) is 42.2 Å². The lowest BCUT2D eigenvalue weighted by Crippen LogP contribution is -2.25. The van der Waals surface area contributed by atoms with E-state index in [1.165, 1.54) is 0 Å². The van der Waals surface area contributed by atoms with E-state index in [9.17, 15) is 4.79 Å². The molecule has 2 aromatic rings. The summed E-state index contributed by atoms with van der Waals surface area (Å²) in [5, 5.41) is 3.54. The Hall–Kier alpha value is -1.74. The lowest BCUT2D eigenvalue weighted by atomic mass is 10.1. The number of benzene rings is 1. The lowest BCUT2D eigenvalue weighted by molar-refractivity contribution is 0.0925. The lowest BCUT2D eigenvalue weighted by Gasteiger charge is -2.04. The summed E-state index contributed by atoms with van der Waals surface area (Å²) in [6, 6.07) is 9.37. The Morgan fingerprint density at radius 3 is 2.74 bits per heavy atom. The van der Waals surface area contributed by atoms with Crippen LogP contribution in [0.3, 0.4) is 0 Å². The largest absolute Gasteiger partial charge is 0.456 e. The summed E-state index contributed by atoms with van der Waals surface area (Å²) in [6.07, 6.45) is 0.741. The molecule has 1 aromatic carbocycles. The Balaban J connectivity index is 1.87. The molecule has 1 aromatic heterocycles. The Kier molecular flexibility index (Phi) is 4.27. The van der Waals surface area contributed by atoms with Gasteiger partial charge in [-0.05, 0) is 49.6 Å². The molecule has 0 spiro atoms. The normalized spacial score (nSPS) is 10.5. The highest BCUT2D eigenvalue weighted by Crippen LogP contribution is 2.13. The minimum absolute atomic E-state index is 0.182. The van der Waals surface area contributed by atoms with Crippen LogP contribution in [0.1, 0.15) is 27.4 Å². The average molecular weight is 278 g/mol. The van der Waals surface area contributed by atoms with Gasteiger partial charge in [0.2, 0.25) is 0 Å². The molecule has 0 aliphatic heterocycles. The highest BCUT2D eigenvalue weighted by molar-refractivity contribution is 6.30. The molecule has 0 fully saturated rings. The number of carbonyl (C=O) groups is 1. The van der Waals surface area contributed by atoms with E-state index in [2.05, 4.69) is 5.32 Å². The first-order valence-corrected chi connectivity index (χ1v) is 6.54. The number of hydrogen-bond donors (Lipinski definition) is 1. The van der Waals surface area contributed by atoms with E-state index in [4.69, 9.17) is 16.0 Å². The number of furan rings is 1. The number of aryl methyl sites for hydroxylation is 2. The van der Waals surface area contributed by atoms with Crippen molar-refractivity contribution in [1.29, 1.82) is 0 Å². The summed E-state index contributed by atoms with van der Waals surface area (Å²) in [7, 11) is 0. The fourth-order valence-electron chi connectivity index (χ4n) is 1.79. The Morgan fingerprint density at radius 1 is 1.32 bits per heavy atom. The molecule has 1 heterocycles. The summed E-state index contributed by atoms with van der Waals surface area (Å²) >= 11 is 5.90. The third kappa shape index (κ3) is 3.61. The van der Waals surface area contributed by atoms with Gasteiger partial charge in [0.05, 0.1) is 0 Å². The number of carbonyl (C=O) groups excluding carboxylic acids is 1. The van der Waals surface area contributed by atoms with E-state index in [1.54, 1.807) is 6.07 Å². The molecular formula is C15H16ClNO2. The van der Waals surface area contributed by atoms with Crippen LogP contribution in [0, 0.1) is 13.8 Å². The number of amides is 1. The fourth-order valence-corrected chi connectivity index (χ4v) is 2.00. The van der Waals surface area contributed by atoms with Gasteiger partial charge >= 0.3 is 0 Å². The molecule has 1 amide bonds. The van der Waals surface area contributed by atoms with Crippen LogP contribution in [0.4, 0.5) is 0 Å². The third-order valence-corrected chi connectivity index (χ3v) is 3.21. The van der Waals surface area contributed by atoms with Crippen molar-refractivity contribution in [3.63, 3.8) is 0 Å². The van der Waals surface area contributed by atoms with Gasteiger partial charge in [0, 0.05) is 11.6 Å². The zero-order valence-corrected chi connectivity index (χ0v) is 11.8. The van der Waals surface area contributed by atoms with Crippen molar-refractivity contribution >= 4 is 17.5 Å². The van der Waals surface area contributed by atoms with Gasteiger partial charge in [-0.3, -0.25) is 4.79 Å². The molecule has 0 aliphatic carbocycles. The fraction of sp³-hybridized carbons (Fsp3) is 0.267. The van der Waals surface area contributed by atoms with Crippen LogP contribution in [-0.2, 0) is 6.42 Å². The Labute approximate surface area is 117 Å². The molecule has 3 nitrogen and oxygen atoms in total. The van der Waals surface area contributed by atoms with Crippen molar-refractivity contribution in [3.05, 3.63) is 58.0 Å². The number of rotatable bonds is 4. The molecule has 0 aliphatic rings. The van der Waals surface area contributed by atoms with E-state index in [-0.39, 0.29) is 5.91 Å². The maximum Gasteiger partial charge on any atom is 0.287 e. The van der Waals surface area contributed by atoms with Gasteiger partial charge in [-0.1, -0.05) is 23.7 Å².